The number of hydrogen-bond donors (Lipinski definition) is 1. The SMILES string of the molecule is COc1cc(C(=O)Oc2ccccc2/C=N/NC(=O)c2ccc(F)cc2)cc(OC)c1OC. The number of carbonyl (C=O) groups excluding carboxylic acids is 2. The van der Waals surface area contributed by atoms with Gasteiger partial charge in [-0.3, -0.25) is 4.79 Å². The van der Waals surface area contributed by atoms with Gasteiger partial charge in [0.1, 0.15) is 11.6 Å². The summed E-state index contributed by atoms with van der Waals surface area (Å²) < 4.78 is 34.3. The van der Waals surface area contributed by atoms with E-state index in [-0.39, 0.29) is 16.9 Å². The molecule has 0 spiro atoms. The molecule has 0 bridgehead atoms. The van der Waals surface area contributed by atoms with E-state index in [1.807, 2.05) is 0 Å². The van der Waals surface area contributed by atoms with Crippen LogP contribution in [0.4, 0.5) is 4.39 Å². The molecule has 3 rings (SSSR count). The van der Waals surface area contributed by atoms with Crippen molar-refractivity contribution in [2.45, 2.75) is 0 Å². The molecule has 0 aliphatic heterocycles. The largest absolute Gasteiger partial charge is 0.493 e. The van der Waals surface area contributed by atoms with Gasteiger partial charge >= 0.3 is 5.97 Å². The van der Waals surface area contributed by atoms with E-state index in [1.54, 1.807) is 24.3 Å². The van der Waals surface area contributed by atoms with Crippen LogP contribution >= 0.6 is 0 Å². The summed E-state index contributed by atoms with van der Waals surface area (Å²) in [5.74, 6) is -0.442. The van der Waals surface area contributed by atoms with Crippen LogP contribution in [0.1, 0.15) is 26.3 Å². The number of rotatable bonds is 8. The molecule has 0 unspecified atom stereocenters. The molecule has 0 heterocycles. The number of para-hydroxylation sites is 1. The number of hydrogen-bond acceptors (Lipinski definition) is 7. The zero-order valence-electron chi connectivity index (χ0n) is 18.1. The Labute approximate surface area is 189 Å². The van der Waals surface area contributed by atoms with Gasteiger partial charge in [-0.15, -0.1) is 0 Å². The van der Waals surface area contributed by atoms with Crippen LogP contribution < -0.4 is 24.4 Å². The highest BCUT2D eigenvalue weighted by atomic mass is 19.1. The van der Waals surface area contributed by atoms with Crippen LogP contribution in [0.2, 0.25) is 0 Å². The van der Waals surface area contributed by atoms with Crippen LogP contribution in [0.3, 0.4) is 0 Å². The molecule has 0 fully saturated rings. The molecule has 0 aliphatic rings. The third-order valence-electron chi connectivity index (χ3n) is 4.50. The van der Waals surface area contributed by atoms with Crippen molar-refractivity contribution in [3.8, 4) is 23.0 Å². The fourth-order valence-corrected chi connectivity index (χ4v) is 2.86. The number of hydrazone groups is 1. The van der Waals surface area contributed by atoms with Crippen LogP contribution in [-0.2, 0) is 0 Å². The highest BCUT2D eigenvalue weighted by Gasteiger charge is 2.19. The molecule has 1 N–H and O–H groups in total. The van der Waals surface area contributed by atoms with Crippen molar-refractivity contribution >= 4 is 18.1 Å². The number of methoxy groups -OCH3 is 3. The van der Waals surface area contributed by atoms with Gasteiger partial charge in [0.2, 0.25) is 5.75 Å². The Morgan fingerprint density at radius 2 is 1.48 bits per heavy atom. The summed E-state index contributed by atoms with van der Waals surface area (Å²) in [7, 11) is 4.35. The van der Waals surface area contributed by atoms with Crippen LogP contribution in [0, 0.1) is 5.82 Å². The van der Waals surface area contributed by atoms with Crippen molar-refractivity contribution < 1.29 is 32.9 Å². The van der Waals surface area contributed by atoms with Gasteiger partial charge in [-0.2, -0.15) is 5.10 Å². The molecule has 9 heteroatoms. The number of nitrogens with zero attached hydrogens (tertiary/aromatic N) is 1. The Hall–Kier alpha value is -4.40. The molecule has 1 amide bonds. The van der Waals surface area contributed by atoms with Gasteiger partial charge in [-0.1, -0.05) is 12.1 Å². The van der Waals surface area contributed by atoms with Gasteiger partial charge in [-0.05, 0) is 48.5 Å². The van der Waals surface area contributed by atoms with Crippen molar-refractivity contribution in [3.05, 3.63) is 83.2 Å². The lowest BCUT2D eigenvalue weighted by atomic mass is 10.1. The van der Waals surface area contributed by atoms with Gasteiger partial charge < -0.3 is 18.9 Å². The summed E-state index contributed by atoms with van der Waals surface area (Å²) in [4.78, 5) is 24.9. The molecule has 0 atom stereocenters. The first-order chi connectivity index (χ1) is 16.0. The second-order valence-corrected chi connectivity index (χ2v) is 6.55. The number of halogens is 1. The summed E-state index contributed by atoms with van der Waals surface area (Å²) in [6.07, 6.45) is 1.33. The third kappa shape index (κ3) is 5.65. The molecule has 0 radical (unpaired) electrons. The minimum atomic E-state index is -0.662. The van der Waals surface area contributed by atoms with Gasteiger partial charge in [0.25, 0.3) is 5.91 Å². The maximum atomic E-state index is 13.0. The number of amides is 1. The van der Waals surface area contributed by atoms with Crippen molar-refractivity contribution in [1.29, 1.82) is 0 Å². The molecule has 3 aromatic rings. The van der Waals surface area contributed by atoms with E-state index >= 15 is 0 Å². The second kappa shape index (κ2) is 10.8. The van der Waals surface area contributed by atoms with Crippen LogP contribution in [0.15, 0.2) is 65.8 Å². The van der Waals surface area contributed by atoms with Gasteiger partial charge in [-0.25, -0.2) is 14.6 Å². The fraction of sp³-hybridized carbons (Fsp3) is 0.125. The average Bonchev–Trinajstić information content (AvgIpc) is 2.84. The number of nitrogens with one attached hydrogen (secondary N) is 1. The number of benzene rings is 3. The maximum absolute atomic E-state index is 13.0. The zero-order valence-corrected chi connectivity index (χ0v) is 18.1. The second-order valence-electron chi connectivity index (χ2n) is 6.55. The summed E-state index contributed by atoms with van der Waals surface area (Å²) in [6, 6.07) is 14.6. The Balaban J connectivity index is 1.76. The highest BCUT2D eigenvalue weighted by Crippen LogP contribution is 2.38. The van der Waals surface area contributed by atoms with Crippen LogP contribution in [0.25, 0.3) is 0 Å². The smallest absolute Gasteiger partial charge is 0.343 e. The number of esters is 1. The van der Waals surface area contributed by atoms with Crippen molar-refractivity contribution in [2.24, 2.45) is 5.10 Å². The molecule has 33 heavy (non-hydrogen) atoms. The van der Waals surface area contributed by atoms with Crippen LogP contribution in [0.5, 0.6) is 23.0 Å². The van der Waals surface area contributed by atoms with E-state index in [4.69, 9.17) is 18.9 Å². The minimum absolute atomic E-state index is 0.181. The topological polar surface area (TPSA) is 95.5 Å². The monoisotopic (exact) mass is 452 g/mol. The molecule has 0 saturated carbocycles. The first-order valence-corrected chi connectivity index (χ1v) is 9.67. The zero-order chi connectivity index (χ0) is 23.8. The van der Waals surface area contributed by atoms with Crippen molar-refractivity contribution in [1.82, 2.24) is 5.43 Å². The van der Waals surface area contributed by atoms with Crippen molar-refractivity contribution in [2.75, 3.05) is 21.3 Å². The maximum Gasteiger partial charge on any atom is 0.343 e. The molecule has 0 aliphatic carbocycles. The lowest BCUT2D eigenvalue weighted by Gasteiger charge is -2.14. The Morgan fingerprint density at radius 3 is 2.09 bits per heavy atom. The standard InChI is InChI=1S/C24H21FN2O6/c1-30-20-12-17(13-21(31-2)22(20)32-3)24(29)33-19-7-5-4-6-16(19)14-26-27-23(28)15-8-10-18(25)11-9-15/h4-14H,1-3H3,(H,27,28)/b26-14+. The Bertz CT molecular complexity index is 1150. The van der Waals surface area contributed by atoms with Crippen molar-refractivity contribution in [3.63, 3.8) is 0 Å². The van der Waals surface area contributed by atoms with Gasteiger partial charge in [0.05, 0.1) is 33.1 Å². The first-order valence-electron chi connectivity index (χ1n) is 9.67. The van der Waals surface area contributed by atoms with E-state index in [0.29, 0.717) is 22.8 Å². The summed E-state index contributed by atoms with van der Waals surface area (Å²) in [6.45, 7) is 0. The first kappa shape index (κ1) is 23.3. The molecule has 0 aromatic heterocycles. The Morgan fingerprint density at radius 1 is 0.848 bits per heavy atom. The number of ether oxygens (including phenoxy) is 4. The van der Waals surface area contributed by atoms with E-state index in [1.165, 1.54) is 63.9 Å². The Kier molecular flexibility index (Phi) is 7.59. The molecular weight excluding hydrogens is 431 g/mol. The summed E-state index contributed by atoms with van der Waals surface area (Å²) in [5, 5.41) is 3.89. The van der Waals surface area contributed by atoms with E-state index in [0.717, 1.165) is 0 Å². The fourth-order valence-electron chi connectivity index (χ4n) is 2.86. The predicted molar refractivity (Wildman–Crippen MR) is 119 cm³/mol. The third-order valence-corrected chi connectivity index (χ3v) is 4.50. The summed E-state index contributed by atoms with van der Waals surface area (Å²) in [5.41, 5.74) is 3.21. The van der Waals surface area contributed by atoms with Gasteiger partial charge in [0.15, 0.2) is 11.5 Å². The number of carbonyl (C=O) groups is 2. The lowest BCUT2D eigenvalue weighted by molar-refractivity contribution is 0.0733. The normalized spacial score (nSPS) is 10.5. The quantitative estimate of drug-likeness (QED) is 0.242. The van der Waals surface area contributed by atoms with Crippen LogP contribution in [-0.4, -0.2) is 39.4 Å². The van der Waals surface area contributed by atoms with Gasteiger partial charge in [0, 0.05) is 11.1 Å². The molecule has 8 nitrogen and oxygen atoms in total. The van der Waals surface area contributed by atoms with E-state index in [2.05, 4.69) is 10.5 Å². The summed E-state index contributed by atoms with van der Waals surface area (Å²) >= 11 is 0. The van der Waals surface area contributed by atoms with E-state index < -0.39 is 17.7 Å². The highest BCUT2D eigenvalue weighted by molar-refractivity contribution is 5.96. The molecule has 0 saturated heterocycles. The molecule has 3 aromatic carbocycles. The minimum Gasteiger partial charge on any atom is -0.493 e. The lowest BCUT2D eigenvalue weighted by Crippen LogP contribution is -2.17. The molecular formula is C24H21FN2O6. The van der Waals surface area contributed by atoms with E-state index in [9.17, 15) is 14.0 Å². The predicted octanol–water partition coefficient (Wildman–Crippen LogP) is 3.83. The molecule has 170 valence electrons. The average molecular weight is 452 g/mol.